The van der Waals surface area contributed by atoms with Crippen LogP contribution in [0.1, 0.15) is 12.8 Å². The number of alkyl halides is 2. The molecule has 2 aliphatic rings. The third-order valence-corrected chi connectivity index (χ3v) is 3.32. The molecule has 0 radical (unpaired) electrons. The predicted octanol–water partition coefficient (Wildman–Crippen LogP) is 0.956. The van der Waals surface area contributed by atoms with Crippen LogP contribution < -0.4 is 0 Å². The molecule has 1 N–H and O–H groups in total. The Bertz CT molecular complexity index is 198. The van der Waals surface area contributed by atoms with Gasteiger partial charge in [0, 0.05) is 32.0 Å². The normalized spacial score (nSPS) is 38.1. The van der Waals surface area contributed by atoms with E-state index in [9.17, 15) is 8.78 Å². The maximum Gasteiger partial charge on any atom is 0.252 e. The van der Waals surface area contributed by atoms with Gasteiger partial charge in [0.15, 0.2) is 0 Å². The van der Waals surface area contributed by atoms with Gasteiger partial charge in [0.1, 0.15) is 0 Å². The Labute approximate surface area is 76.5 Å². The molecule has 1 saturated carbocycles. The minimum absolute atomic E-state index is 0.0648. The summed E-state index contributed by atoms with van der Waals surface area (Å²) in [5, 5.41) is 8.69. The maximum absolute atomic E-state index is 13.2. The fourth-order valence-corrected chi connectivity index (χ4v) is 2.62. The summed E-state index contributed by atoms with van der Waals surface area (Å²) in [4.78, 5) is 1.95. The van der Waals surface area contributed by atoms with Gasteiger partial charge in [-0.05, 0) is 12.3 Å². The van der Waals surface area contributed by atoms with Gasteiger partial charge in [0.2, 0.25) is 0 Å². The molecule has 2 nitrogen and oxygen atoms in total. The third kappa shape index (κ3) is 1.57. The molecule has 0 aromatic rings. The first-order valence-electron chi connectivity index (χ1n) is 4.84. The molecule has 0 aromatic heterocycles. The number of rotatable bonds is 2. The molecule has 0 amide bonds. The van der Waals surface area contributed by atoms with Crippen molar-refractivity contribution in [1.82, 2.24) is 4.90 Å². The lowest BCUT2D eigenvalue weighted by Gasteiger charge is -2.19. The number of aliphatic hydroxyl groups is 1. The van der Waals surface area contributed by atoms with Crippen LogP contribution in [0.25, 0.3) is 0 Å². The zero-order valence-electron chi connectivity index (χ0n) is 7.55. The van der Waals surface area contributed by atoms with Crippen LogP contribution >= 0.6 is 0 Å². The molecule has 1 aliphatic carbocycles. The van der Waals surface area contributed by atoms with E-state index < -0.39 is 11.8 Å². The third-order valence-electron chi connectivity index (χ3n) is 3.32. The van der Waals surface area contributed by atoms with Gasteiger partial charge in [-0.15, -0.1) is 0 Å². The number of aliphatic hydroxyl groups excluding tert-OH is 1. The first-order valence-corrected chi connectivity index (χ1v) is 4.84. The average molecular weight is 191 g/mol. The molecule has 4 heteroatoms. The van der Waals surface area contributed by atoms with E-state index in [0.717, 1.165) is 6.54 Å². The quantitative estimate of drug-likeness (QED) is 0.702. The van der Waals surface area contributed by atoms with Crippen LogP contribution in [0.5, 0.6) is 0 Å². The number of likely N-dealkylation sites (tertiary alicyclic amines) is 1. The second kappa shape index (κ2) is 3.17. The Balaban J connectivity index is 1.98. The van der Waals surface area contributed by atoms with Gasteiger partial charge in [0.25, 0.3) is 5.92 Å². The maximum atomic E-state index is 13.2. The molecule has 0 spiro atoms. The van der Waals surface area contributed by atoms with E-state index in [0.29, 0.717) is 19.5 Å². The van der Waals surface area contributed by atoms with Gasteiger partial charge in [0.05, 0.1) is 6.61 Å². The second-order valence-corrected chi connectivity index (χ2v) is 4.15. The molecule has 2 fully saturated rings. The molecule has 1 aliphatic heterocycles. The lowest BCUT2D eigenvalue weighted by Crippen LogP contribution is -2.30. The lowest BCUT2D eigenvalue weighted by atomic mass is 9.99. The van der Waals surface area contributed by atoms with Crippen molar-refractivity contribution in [3.8, 4) is 0 Å². The van der Waals surface area contributed by atoms with Crippen LogP contribution in [0.4, 0.5) is 8.78 Å². The molecule has 13 heavy (non-hydrogen) atoms. The van der Waals surface area contributed by atoms with Crippen molar-refractivity contribution in [2.75, 3.05) is 26.2 Å². The Kier molecular flexibility index (Phi) is 2.28. The summed E-state index contributed by atoms with van der Waals surface area (Å²) in [5.41, 5.74) is 0. The highest BCUT2D eigenvalue weighted by Crippen LogP contribution is 2.47. The summed E-state index contributed by atoms with van der Waals surface area (Å²) < 4.78 is 26.4. The summed E-state index contributed by atoms with van der Waals surface area (Å²) in [7, 11) is 0. The largest absolute Gasteiger partial charge is 0.395 e. The van der Waals surface area contributed by atoms with Crippen molar-refractivity contribution >= 4 is 0 Å². The summed E-state index contributed by atoms with van der Waals surface area (Å²) in [5.74, 6) is -2.73. The standard InChI is InChI=1S/C9H15F2NO/c10-9(11)2-1-7-5-12(3-4-13)6-8(7)9/h7-8,13H,1-6H2/t7-,8-/m0/s1. The Morgan fingerprint density at radius 3 is 2.77 bits per heavy atom. The second-order valence-electron chi connectivity index (χ2n) is 4.15. The number of halogens is 2. The van der Waals surface area contributed by atoms with E-state index >= 15 is 0 Å². The zero-order valence-corrected chi connectivity index (χ0v) is 7.55. The van der Waals surface area contributed by atoms with E-state index in [2.05, 4.69) is 0 Å². The van der Waals surface area contributed by atoms with Gasteiger partial charge >= 0.3 is 0 Å². The molecule has 2 atom stereocenters. The van der Waals surface area contributed by atoms with Gasteiger partial charge < -0.3 is 10.0 Å². The molecule has 76 valence electrons. The Morgan fingerprint density at radius 2 is 2.15 bits per heavy atom. The summed E-state index contributed by atoms with van der Waals surface area (Å²) >= 11 is 0. The van der Waals surface area contributed by atoms with Crippen LogP contribution in [0, 0.1) is 11.8 Å². The van der Waals surface area contributed by atoms with Crippen molar-refractivity contribution in [3.63, 3.8) is 0 Å². The summed E-state index contributed by atoms with van der Waals surface area (Å²) in [6, 6.07) is 0. The molecule has 0 bridgehead atoms. The zero-order chi connectivity index (χ0) is 9.47. The lowest BCUT2D eigenvalue weighted by molar-refractivity contribution is -0.0401. The molecule has 1 heterocycles. The molecule has 2 rings (SSSR count). The highest BCUT2D eigenvalue weighted by Gasteiger charge is 2.53. The molecule has 1 saturated heterocycles. The molecular weight excluding hydrogens is 176 g/mol. The number of hydrogen-bond acceptors (Lipinski definition) is 2. The smallest absolute Gasteiger partial charge is 0.252 e. The fraction of sp³-hybridized carbons (Fsp3) is 1.00. The van der Waals surface area contributed by atoms with E-state index in [4.69, 9.17) is 5.11 Å². The van der Waals surface area contributed by atoms with Crippen LogP contribution in [0.2, 0.25) is 0 Å². The Hall–Kier alpha value is -0.220. The van der Waals surface area contributed by atoms with Gasteiger partial charge in [-0.25, -0.2) is 8.78 Å². The minimum atomic E-state index is -2.45. The topological polar surface area (TPSA) is 23.5 Å². The first kappa shape index (κ1) is 9.34. The summed E-state index contributed by atoms with van der Waals surface area (Å²) in [6.45, 7) is 1.84. The van der Waals surface area contributed by atoms with Gasteiger partial charge in [-0.3, -0.25) is 0 Å². The highest BCUT2D eigenvalue weighted by atomic mass is 19.3. The molecule has 0 unspecified atom stereocenters. The van der Waals surface area contributed by atoms with E-state index in [1.807, 2.05) is 4.90 Å². The van der Waals surface area contributed by atoms with E-state index in [1.165, 1.54) is 0 Å². The molecule has 0 aromatic carbocycles. The van der Waals surface area contributed by atoms with Crippen LogP contribution in [-0.4, -0.2) is 42.2 Å². The van der Waals surface area contributed by atoms with Crippen molar-refractivity contribution in [2.45, 2.75) is 18.8 Å². The number of hydrogen-bond donors (Lipinski definition) is 1. The van der Waals surface area contributed by atoms with Crippen LogP contribution in [0.3, 0.4) is 0 Å². The van der Waals surface area contributed by atoms with E-state index in [-0.39, 0.29) is 18.9 Å². The monoisotopic (exact) mass is 191 g/mol. The van der Waals surface area contributed by atoms with Crippen LogP contribution in [-0.2, 0) is 0 Å². The SMILES string of the molecule is OCCN1C[C@@H]2CCC(F)(F)[C@H]2C1. The van der Waals surface area contributed by atoms with Gasteiger partial charge in [-0.1, -0.05) is 0 Å². The van der Waals surface area contributed by atoms with Gasteiger partial charge in [-0.2, -0.15) is 0 Å². The fourth-order valence-electron chi connectivity index (χ4n) is 2.62. The highest BCUT2D eigenvalue weighted by molar-refractivity contribution is 4.97. The average Bonchev–Trinajstić information content (AvgIpc) is 2.55. The minimum Gasteiger partial charge on any atom is -0.395 e. The van der Waals surface area contributed by atoms with Crippen molar-refractivity contribution in [1.29, 1.82) is 0 Å². The Morgan fingerprint density at radius 1 is 1.38 bits per heavy atom. The number of β-amino-alcohol motifs (C(OH)–C–C–N with tert-alkyl or cyclic N) is 1. The van der Waals surface area contributed by atoms with E-state index in [1.54, 1.807) is 0 Å². The number of nitrogens with zero attached hydrogens (tertiary/aromatic N) is 1. The summed E-state index contributed by atoms with van der Waals surface area (Å²) in [6.07, 6.45) is 0.717. The van der Waals surface area contributed by atoms with Crippen molar-refractivity contribution in [2.24, 2.45) is 11.8 Å². The predicted molar refractivity (Wildman–Crippen MR) is 44.7 cm³/mol. The van der Waals surface area contributed by atoms with Crippen molar-refractivity contribution in [3.05, 3.63) is 0 Å². The van der Waals surface area contributed by atoms with Crippen LogP contribution in [0.15, 0.2) is 0 Å². The first-order chi connectivity index (χ1) is 6.13. The van der Waals surface area contributed by atoms with Crippen molar-refractivity contribution < 1.29 is 13.9 Å². The molecular formula is C9H15F2NO. The number of fused-ring (bicyclic) bond motifs is 1.